The number of rotatable bonds is 6. The lowest BCUT2D eigenvalue weighted by atomic mass is 9.88. The molecule has 0 aliphatic heterocycles. The molecular formula is C47H31N7. The van der Waals surface area contributed by atoms with Crippen LogP contribution in [0.25, 0.3) is 78.5 Å². The topological polar surface area (TPSA) is 91.8 Å². The van der Waals surface area contributed by atoms with Gasteiger partial charge in [-0.25, -0.2) is 4.98 Å². The quantitative estimate of drug-likeness (QED) is 0.170. The third kappa shape index (κ3) is 5.43. The van der Waals surface area contributed by atoms with E-state index in [1.54, 1.807) is 0 Å². The van der Waals surface area contributed by atoms with Crippen molar-refractivity contribution < 1.29 is 0 Å². The van der Waals surface area contributed by atoms with Gasteiger partial charge in [-0.2, -0.15) is 15.1 Å². The van der Waals surface area contributed by atoms with Gasteiger partial charge in [-0.1, -0.05) is 133 Å². The number of aromatic nitrogens is 4. The number of nitrogens with zero attached hydrogens (tertiary/aromatic N) is 5. The first kappa shape index (κ1) is 31.2. The summed E-state index contributed by atoms with van der Waals surface area (Å²) in [6.45, 7) is 0. The summed E-state index contributed by atoms with van der Waals surface area (Å²) in [6.07, 6.45) is 3.90. The molecular weight excluding hydrogens is 663 g/mol. The molecule has 2 N–H and O–H groups in total. The predicted molar refractivity (Wildman–Crippen MR) is 221 cm³/mol. The summed E-state index contributed by atoms with van der Waals surface area (Å²) in [7, 11) is 0. The Balaban J connectivity index is 1.16. The highest BCUT2D eigenvalue weighted by Crippen LogP contribution is 2.35. The van der Waals surface area contributed by atoms with Crippen molar-refractivity contribution in [1.82, 2.24) is 19.5 Å². The van der Waals surface area contributed by atoms with Crippen molar-refractivity contribution in [2.75, 3.05) is 5.43 Å². The molecule has 0 amide bonds. The molecule has 0 atom stereocenters. The van der Waals surface area contributed by atoms with E-state index >= 15 is 0 Å². The molecule has 0 fully saturated rings. The van der Waals surface area contributed by atoms with Gasteiger partial charge in [-0.3, -0.25) is 15.4 Å². The van der Waals surface area contributed by atoms with Crippen LogP contribution in [0.15, 0.2) is 175 Å². The average molecular weight is 694 g/mol. The van der Waals surface area contributed by atoms with Gasteiger partial charge in [0.2, 0.25) is 5.95 Å². The van der Waals surface area contributed by atoms with Crippen LogP contribution in [0.4, 0.5) is 5.69 Å². The standard InChI is InChI=1S/C47H31N7/c48-44-40(53-52-36-16-5-2-6-17-36)27-26-32-24-22-31-23-25-35(29-39(31)43(32)44)46-49-45(34-15-11-14-33(28-34)30-12-3-1-4-13-30)50-47(51-46)54-41-20-9-7-18-37(41)38-19-8-10-21-42(38)54/h1-29,48,52H/b48-44?,53-40-. The van der Waals surface area contributed by atoms with E-state index in [2.05, 4.69) is 118 Å². The molecule has 0 bridgehead atoms. The van der Waals surface area contributed by atoms with Gasteiger partial charge in [0.05, 0.1) is 22.4 Å². The number of anilines is 1. The second kappa shape index (κ2) is 12.9. The molecule has 0 spiro atoms. The van der Waals surface area contributed by atoms with E-state index in [9.17, 15) is 5.41 Å². The molecule has 0 radical (unpaired) electrons. The maximum absolute atomic E-state index is 9.30. The Morgan fingerprint density at radius 3 is 1.85 bits per heavy atom. The van der Waals surface area contributed by atoms with Crippen LogP contribution in [0.5, 0.6) is 0 Å². The zero-order valence-corrected chi connectivity index (χ0v) is 29.0. The van der Waals surface area contributed by atoms with Gasteiger partial charge in [-0.05, 0) is 69.9 Å². The van der Waals surface area contributed by atoms with Crippen LogP contribution in [0.3, 0.4) is 0 Å². The highest BCUT2D eigenvalue weighted by Gasteiger charge is 2.21. The van der Waals surface area contributed by atoms with E-state index in [1.807, 2.05) is 72.8 Å². The molecule has 0 saturated heterocycles. The van der Waals surface area contributed by atoms with Gasteiger partial charge in [0.1, 0.15) is 5.71 Å². The first-order chi connectivity index (χ1) is 26.7. The van der Waals surface area contributed by atoms with E-state index in [1.165, 1.54) is 0 Å². The van der Waals surface area contributed by atoms with E-state index in [4.69, 9.17) is 15.0 Å². The molecule has 54 heavy (non-hydrogen) atoms. The maximum Gasteiger partial charge on any atom is 0.238 e. The zero-order chi connectivity index (χ0) is 36.0. The Morgan fingerprint density at radius 1 is 0.500 bits per heavy atom. The minimum absolute atomic E-state index is 0.346. The summed E-state index contributed by atoms with van der Waals surface area (Å²) < 4.78 is 2.13. The Hall–Kier alpha value is -7.51. The van der Waals surface area contributed by atoms with Gasteiger partial charge >= 0.3 is 0 Å². The Labute approximate surface area is 311 Å². The summed E-state index contributed by atoms with van der Waals surface area (Å²) in [5.41, 5.74) is 12.6. The number of hydrazone groups is 1. The van der Waals surface area contributed by atoms with Crippen molar-refractivity contribution in [3.05, 3.63) is 181 Å². The first-order valence-electron chi connectivity index (χ1n) is 17.8. The van der Waals surface area contributed by atoms with Crippen LogP contribution in [0.2, 0.25) is 0 Å². The van der Waals surface area contributed by atoms with Crippen molar-refractivity contribution >= 4 is 55.8 Å². The lowest BCUT2D eigenvalue weighted by Crippen LogP contribution is -2.18. The van der Waals surface area contributed by atoms with Crippen LogP contribution < -0.4 is 5.43 Å². The van der Waals surface area contributed by atoms with Crippen LogP contribution >= 0.6 is 0 Å². The molecule has 7 aromatic carbocycles. The normalized spacial score (nSPS) is 13.2. The van der Waals surface area contributed by atoms with Gasteiger partial charge in [0, 0.05) is 27.5 Å². The summed E-state index contributed by atoms with van der Waals surface area (Å²) in [4.78, 5) is 15.5. The Kier molecular flexibility index (Phi) is 7.47. The van der Waals surface area contributed by atoms with Crippen molar-refractivity contribution in [3.63, 3.8) is 0 Å². The van der Waals surface area contributed by atoms with Gasteiger partial charge in [-0.15, -0.1) is 0 Å². The summed E-state index contributed by atoms with van der Waals surface area (Å²) in [5, 5.41) is 18.1. The Morgan fingerprint density at radius 2 is 1.11 bits per heavy atom. The molecule has 10 rings (SSSR count). The Bertz CT molecular complexity index is 2930. The number of nitrogens with one attached hydrogen (secondary N) is 2. The summed E-state index contributed by atoms with van der Waals surface area (Å²) in [5.74, 6) is 1.64. The van der Waals surface area contributed by atoms with Crippen LogP contribution in [-0.4, -0.2) is 30.9 Å². The fraction of sp³-hybridized carbons (Fsp3) is 0. The summed E-state index contributed by atoms with van der Waals surface area (Å²) >= 11 is 0. The molecule has 9 aromatic rings. The summed E-state index contributed by atoms with van der Waals surface area (Å²) in [6, 6.07) is 55.6. The minimum atomic E-state index is 0.346. The SMILES string of the molecule is N=C1/C(=N\Nc2ccccc2)C=Cc2ccc3ccc(-c4nc(-c5cccc(-c6ccccc6)c5)nc(-n5c6ccccc6c6ccccc65)n4)cc3c21. The van der Waals surface area contributed by atoms with E-state index < -0.39 is 0 Å². The number of hydrogen-bond donors (Lipinski definition) is 2. The van der Waals surface area contributed by atoms with E-state index in [-0.39, 0.29) is 0 Å². The molecule has 1 aliphatic rings. The zero-order valence-electron chi connectivity index (χ0n) is 29.0. The molecule has 2 heterocycles. The molecule has 0 unspecified atom stereocenters. The fourth-order valence-corrected chi connectivity index (χ4v) is 7.33. The number of fused-ring (bicyclic) bond motifs is 6. The predicted octanol–water partition coefficient (Wildman–Crippen LogP) is 11.0. The number of hydrogen-bond acceptors (Lipinski definition) is 6. The molecule has 7 nitrogen and oxygen atoms in total. The van der Waals surface area contributed by atoms with Gasteiger partial charge in [0.25, 0.3) is 0 Å². The second-order valence-corrected chi connectivity index (χ2v) is 13.2. The second-order valence-electron chi connectivity index (χ2n) is 13.2. The molecule has 0 saturated carbocycles. The highest BCUT2D eigenvalue weighted by atomic mass is 15.3. The fourth-order valence-electron chi connectivity index (χ4n) is 7.33. The molecule has 7 heteroatoms. The van der Waals surface area contributed by atoms with E-state index in [0.29, 0.717) is 29.0 Å². The third-order valence-electron chi connectivity index (χ3n) is 9.95. The lowest BCUT2D eigenvalue weighted by molar-refractivity contribution is 0.953. The maximum atomic E-state index is 9.30. The number of benzene rings is 7. The number of allylic oxidation sites excluding steroid dienone is 1. The minimum Gasteiger partial charge on any atom is -0.298 e. The van der Waals surface area contributed by atoms with Crippen molar-refractivity contribution in [3.8, 4) is 39.9 Å². The number of para-hydroxylation sites is 3. The largest absolute Gasteiger partial charge is 0.298 e. The van der Waals surface area contributed by atoms with Crippen LogP contribution in [0, 0.1) is 5.41 Å². The average Bonchev–Trinajstić information content (AvgIpc) is 3.58. The molecule has 254 valence electrons. The van der Waals surface area contributed by atoms with Crippen LogP contribution in [0.1, 0.15) is 11.1 Å². The smallest absolute Gasteiger partial charge is 0.238 e. The van der Waals surface area contributed by atoms with Gasteiger partial charge in [0.15, 0.2) is 11.6 Å². The lowest BCUT2D eigenvalue weighted by Gasteiger charge is -2.17. The monoisotopic (exact) mass is 693 g/mol. The highest BCUT2D eigenvalue weighted by molar-refractivity contribution is 6.55. The van der Waals surface area contributed by atoms with Gasteiger partial charge < -0.3 is 0 Å². The van der Waals surface area contributed by atoms with E-state index in [0.717, 1.165) is 71.6 Å². The van der Waals surface area contributed by atoms with Crippen molar-refractivity contribution in [1.29, 1.82) is 5.41 Å². The van der Waals surface area contributed by atoms with Crippen LogP contribution in [-0.2, 0) is 0 Å². The first-order valence-corrected chi connectivity index (χ1v) is 17.8. The molecule has 2 aromatic heterocycles. The molecule has 1 aliphatic carbocycles. The van der Waals surface area contributed by atoms with Crippen molar-refractivity contribution in [2.45, 2.75) is 0 Å². The third-order valence-corrected chi connectivity index (χ3v) is 9.95. The van der Waals surface area contributed by atoms with Crippen molar-refractivity contribution in [2.24, 2.45) is 5.10 Å².